The van der Waals surface area contributed by atoms with Crippen LogP contribution in [0.25, 0.3) is 0 Å². The van der Waals surface area contributed by atoms with E-state index >= 15 is 0 Å². The summed E-state index contributed by atoms with van der Waals surface area (Å²) in [6.07, 6.45) is 4.25. The van der Waals surface area contributed by atoms with Crippen LogP contribution in [0.5, 0.6) is 0 Å². The van der Waals surface area contributed by atoms with E-state index in [-0.39, 0.29) is 4.90 Å². The van der Waals surface area contributed by atoms with E-state index in [2.05, 4.69) is 47.1 Å². The van der Waals surface area contributed by atoms with Crippen molar-refractivity contribution in [1.29, 1.82) is 0 Å². The van der Waals surface area contributed by atoms with Crippen LogP contribution in [0.2, 0.25) is 0 Å². The lowest BCUT2D eigenvalue weighted by atomic mass is 9.90. The summed E-state index contributed by atoms with van der Waals surface area (Å²) in [6, 6.07) is 17.3. The Labute approximate surface area is 162 Å². The molecule has 1 aliphatic rings. The summed E-state index contributed by atoms with van der Waals surface area (Å²) < 4.78 is 22.5. The first-order valence-corrected chi connectivity index (χ1v) is 10.9. The van der Waals surface area contributed by atoms with Gasteiger partial charge in [0, 0.05) is 6.42 Å². The molecule has 0 radical (unpaired) electrons. The number of rotatable bonds is 5. The first-order valence-electron chi connectivity index (χ1n) is 9.34. The molecule has 0 unspecified atom stereocenters. The summed E-state index contributed by atoms with van der Waals surface area (Å²) in [5.74, 6) is 7.20. The van der Waals surface area contributed by atoms with Gasteiger partial charge in [-0.15, -0.1) is 0 Å². The number of nitrogens with zero attached hydrogens (tertiary/aromatic N) is 1. The largest absolute Gasteiger partial charge is 0.292 e. The van der Waals surface area contributed by atoms with Crippen molar-refractivity contribution in [2.24, 2.45) is 11.1 Å². The summed E-state index contributed by atoms with van der Waals surface area (Å²) in [6.45, 7) is 3.01. The van der Waals surface area contributed by atoms with Crippen molar-refractivity contribution in [3.05, 3.63) is 65.7 Å². The lowest BCUT2D eigenvalue weighted by molar-refractivity contribution is 0.203. The van der Waals surface area contributed by atoms with E-state index in [0.29, 0.717) is 6.42 Å². The molecular formula is C22H26N2O2S. The molecule has 0 saturated carbocycles. The minimum atomic E-state index is -3.63. The molecule has 1 aliphatic heterocycles. The van der Waals surface area contributed by atoms with Gasteiger partial charge in [0.1, 0.15) is 0 Å². The van der Waals surface area contributed by atoms with Crippen LogP contribution in [0.4, 0.5) is 0 Å². The van der Waals surface area contributed by atoms with Crippen molar-refractivity contribution in [2.45, 2.75) is 30.6 Å². The first kappa shape index (κ1) is 19.6. The number of likely N-dealkylation sites (tertiary alicyclic amines) is 1. The fraction of sp³-hybridized carbons (Fsp3) is 0.364. The van der Waals surface area contributed by atoms with Crippen LogP contribution in [0, 0.1) is 17.8 Å². The topological polar surface area (TPSA) is 63.4 Å². The molecule has 3 rings (SSSR count). The van der Waals surface area contributed by atoms with Crippen molar-refractivity contribution >= 4 is 10.0 Å². The minimum absolute atomic E-state index is 0.137. The van der Waals surface area contributed by atoms with Crippen LogP contribution >= 0.6 is 0 Å². The average molecular weight is 383 g/mol. The van der Waals surface area contributed by atoms with Gasteiger partial charge in [-0.05, 0) is 61.5 Å². The van der Waals surface area contributed by atoms with Crippen molar-refractivity contribution in [1.82, 2.24) is 4.90 Å². The van der Waals surface area contributed by atoms with Crippen LogP contribution < -0.4 is 5.14 Å². The monoisotopic (exact) mass is 382 g/mol. The lowest BCUT2D eigenvalue weighted by Crippen LogP contribution is -2.34. The first-order chi connectivity index (χ1) is 13.0. The number of primary sulfonamides is 1. The highest BCUT2D eigenvalue weighted by molar-refractivity contribution is 7.89. The van der Waals surface area contributed by atoms with Crippen molar-refractivity contribution in [3.8, 4) is 11.8 Å². The van der Waals surface area contributed by atoms with Gasteiger partial charge in [0.2, 0.25) is 10.0 Å². The maximum atomic E-state index is 11.2. The molecule has 1 heterocycles. The number of hydrogen-bond acceptors (Lipinski definition) is 3. The number of sulfonamides is 1. The normalized spacial score (nSPS) is 15.9. The molecule has 1 fully saturated rings. The van der Waals surface area contributed by atoms with Gasteiger partial charge in [-0.25, -0.2) is 13.6 Å². The van der Waals surface area contributed by atoms with E-state index in [1.165, 1.54) is 37.0 Å². The third-order valence-corrected chi connectivity index (χ3v) is 5.98. The molecule has 2 aromatic carbocycles. The highest BCUT2D eigenvalue weighted by Crippen LogP contribution is 2.21. The van der Waals surface area contributed by atoms with Gasteiger partial charge in [0.05, 0.1) is 11.4 Å². The van der Waals surface area contributed by atoms with Crippen molar-refractivity contribution in [2.75, 3.05) is 19.6 Å². The van der Waals surface area contributed by atoms with E-state index in [4.69, 9.17) is 5.14 Å². The van der Waals surface area contributed by atoms with E-state index in [9.17, 15) is 8.42 Å². The van der Waals surface area contributed by atoms with Crippen LogP contribution in [0.3, 0.4) is 0 Å². The second kappa shape index (κ2) is 9.18. The Kier molecular flexibility index (Phi) is 6.68. The highest BCUT2D eigenvalue weighted by Gasteiger charge is 2.18. The van der Waals surface area contributed by atoms with Gasteiger partial charge in [0.15, 0.2) is 0 Å². The van der Waals surface area contributed by atoms with E-state index in [0.717, 1.165) is 31.1 Å². The molecule has 0 amide bonds. The van der Waals surface area contributed by atoms with Crippen LogP contribution in [-0.4, -0.2) is 33.0 Å². The van der Waals surface area contributed by atoms with Gasteiger partial charge >= 0.3 is 0 Å². The summed E-state index contributed by atoms with van der Waals surface area (Å²) >= 11 is 0. The van der Waals surface area contributed by atoms with Crippen LogP contribution in [-0.2, 0) is 22.9 Å². The molecule has 4 nitrogen and oxygen atoms in total. The summed E-state index contributed by atoms with van der Waals surface area (Å²) in [5.41, 5.74) is 2.43. The SMILES string of the molecule is NS(=O)(=O)c1ccc(CC#CCN2CCC(Cc3ccccc3)CC2)cc1. The summed E-state index contributed by atoms with van der Waals surface area (Å²) in [5, 5.41) is 5.10. The van der Waals surface area contributed by atoms with E-state index < -0.39 is 10.0 Å². The maximum absolute atomic E-state index is 11.2. The van der Waals surface area contributed by atoms with Crippen molar-refractivity contribution in [3.63, 3.8) is 0 Å². The quantitative estimate of drug-likeness (QED) is 0.809. The molecule has 0 aliphatic carbocycles. The molecular weight excluding hydrogens is 356 g/mol. The Bertz CT molecular complexity index is 889. The number of piperidine rings is 1. The molecule has 5 heteroatoms. The third-order valence-electron chi connectivity index (χ3n) is 5.05. The zero-order valence-corrected chi connectivity index (χ0v) is 16.3. The molecule has 0 atom stereocenters. The van der Waals surface area contributed by atoms with E-state index in [1.54, 1.807) is 12.1 Å². The third kappa shape index (κ3) is 6.21. The highest BCUT2D eigenvalue weighted by atomic mass is 32.2. The molecule has 0 spiro atoms. The summed E-state index contributed by atoms with van der Waals surface area (Å²) in [4.78, 5) is 2.55. The second-order valence-electron chi connectivity index (χ2n) is 7.13. The molecule has 2 aromatic rings. The predicted molar refractivity (Wildman–Crippen MR) is 109 cm³/mol. The summed E-state index contributed by atoms with van der Waals surface area (Å²) in [7, 11) is -3.63. The molecule has 0 aromatic heterocycles. The average Bonchev–Trinajstić information content (AvgIpc) is 2.67. The fourth-order valence-corrected chi connectivity index (χ4v) is 3.94. The van der Waals surface area contributed by atoms with Crippen LogP contribution in [0.1, 0.15) is 24.0 Å². The number of nitrogens with two attached hydrogens (primary N) is 1. The van der Waals surface area contributed by atoms with Gasteiger partial charge in [-0.3, -0.25) is 4.90 Å². The standard InChI is InChI=1S/C22H26N2O2S/c23-27(25,26)22-11-9-19(10-12-22)6-4-5-15-24-16-13-21(14-17-24)18-20-7-2-1-3-8-20/h1-3,7-12,21H,6,13-18H2,(H2,23,25,26). The molecule has 1 saturated heterocycles. The van der Waals surface area contributed by atoms with Gasteiger partial charge < -0.3 is 0 Å². The maximum Gasteiger partial charge on any atom is 0.238 e. The smallest absolute Gasteiger partial charge is 0.238 e. The molecule has 0 bridgehead atoms. The Hall–Kier alpha value is -2.13. The van der Waals surface area contributed by atoms with Crippen molar-refractivity contribution < 1.29 is 8.42 Å². The fourth-order valence-electron chi connectivity index (χ4n) is 3.43. The molecule has 142 valence electrons. The number of hydrogen-bond donors (Lipinski definition) is 1. The molecule has 27 heavy (non-hydrogen) atoms. The second-order valence-corrected chi connectivity index (χ2v) is 8.69. The molecule has 2 N–H and O–H groups in total. The van der Waals surface area contributed by atoms with Gasteiger partial charge in [0.25, 0.3) is 0 Å². The number of benzene rings is 2. The van der Waals surface area contributed by atoms with Gasteiger partial charge in [-0.1, -0.05) is 54.3 Å². The predicted octanol–water partition coefficient (Wildman–Crippen LogP) is 2.83. The van der Waals surface area contributed by atoms with Crippen LogP contribution in [0.15, 0.2) is 59.5 Å². The van der Waals surface area contributed by atoms with Gasteiger partial charge in [-0.2, -0.15) is 0 Å². The zero-order valence-electron chi connectivity index (χ0n) is 15.5. The minimum Gasteiger partial charge on any atom is -0.292 e. The van der Waals surface area contributed by atoms with E-state index in [1.807, 2.05) is 0 Å². The Morgan fingerprint density at radius 3 is 2.22 bits per heavy atom. The Morgan fingerprint density at radius 1 is 0.926 bits per heavy atom. The zero-order chi connectivity index (χ0) is 19.1. The Balaban J connectivity index is 1.40. The Morgan fingerprint density at radius 2 is 1.59 bits per heavy atom. The lowest BCUT2D eigenvalue weighted by Gasteiger charge is -2.30.